The number of anilines is 1. The monoisotopic (exact) mass is 642 g/mol. The molecule has 0 spiro atoms. The van der Waals surface area contributed by atoms with Crippen LogP contribution < -0.4 is 14.8 Å². The average Bonchev–Trinajstić information content (AvgIpc) is 3.71. The van der Waals surface area contributed by atoms with Crippen LogP contribution in [0.15, 0.2) is 30.5 Å². The van der Waals surface area contributed by atoms with E-state index in [2.05, 4.69) is 19.9 Å². The highest BCUT2D eigenvalue weighted by Gasteiger charge is 2.49. The summed E-state index contributed by atoms with van der Waals surface area (Å²) in [5.74, 6) is -1.21. The molecule has 0 aliphatic carbocycles. The van der Waals surface area contributed by atoms with Gasteiger partial charge in [0.1, 0.15) is 41.4 Å². The molecule has 3 saturated heterocycles. The first-order valence-electron chi connectivity index (χ1n) is 15.1. The molecule has 3 fully saturated rings. The predicted octanol–water partition coefficient (Wildman–Crippen LogP) is 4.21. The number of sulfonamides is 1. The minimum atomic E-state index is -3.83. The third-order valence-electron chi connectivity index (χ3n) is 9.55. The van der Waals surface area contributed by atoms with Gasteiger partial charge in [0.2, 0.25) is 10.0 Å². The van der Waals surface area contributed by atoms with Gasteiger partial charge in [0.25, 0.3) is 0 Å². The maximum Gasteiger partial charge on any atom is 0.319 e. The summed E-state index contributed by atoms with van der Waals surface area (Å²) in [5.41, 5.74) is -0.252. The molecule has 0 bridgehead atoms. The van der Waals surface area contributed by atoms with Crippen LogP contribution in [0.4, 0.5) is 19.0 Å². The lowest BCUT2D eigenvalue weighted by atomic mass is 9.94. The number of ether oxygens (including phenoxy) is 1. The van der Waals surface area contributed by atoms with E-state index in [0.717, 1.165) is 19.4 Å². The Morgan fingerprint density at radius 1 is 1.18 bits per heavy atom. The number of aromatic nitrogens is 3. The third-order valence-corrected chi connectivity index (χ3v) is 10.9. The van der Waals surface area contributed by atoms with Gasteiger partial charge in [-0.15, -0.1) is 0 Å². The van der Waals surface area contributed by atoms with Crippen LogP contribution in [-0.2, 0) is 16.4 Å². The van der Waals surface area contributed by atoms with Gasteiger partial charge in [0.05, 0.1) is 16.2 Å². The van der Waals surface area contributed by atoms with E-state index in [1.54, 1.807) is 11.8 Å². The fraction of sp³-hybridized carbons (Fsp3) is 0.452. The lowest BCUT2D eigenvalue weighted by Crippen LogP contribution is -2.43. The number of alkyl halides is 1. The van der Waals surface area contributed by atoms with E-state index in [1.807, 2.05) is 0 Å². The van der Waals surface area contributed by atoms with Crippen molar-refractivity contribution < 1.29 is 31.4 Å². The minimum Gasteiger partial charge on any atom is -0.508 e. The summed E-state index contributed by atoms with van der Waals surface area (Å²) in [4.78, 5) is 17.2. The highest BCUT2D eigenvalue weighted by molar-refractivity contribution is 7.89. The number of nitrogens with zero attached hydrogens (tertiary/aromatic N) is 5. The van der Waals surface area contributed by atoms with Crippen molar-refractivity contribution in [3.05, 3.63) is 47.7 Å². The van der Waals surface area contributed by atoms with Crippen LogP contribution in [0.1, 0.15) is 38.2 Å². The molecule has 7 rings (SSSR count). The number of nitrogens with two attached hydrogens (primary N) is 1. The van der Waals surface area contributed by atoms with E-state index in [-0.39, 0.29) is 65.9 Å². The zero-order chi connectivity index (χ0) is 31.7. The molecule has 45 heavy (non-hydrogen) atoms. The van der Waals surface area contributed by atoms with Crippen LogP contribution in [0.25, 0.3) is 32.9 Å². The summed E-state index contributed by atoms with van der Waals surface area (Å²) in [5, 5.41) is 16.3. The number of halogens is 3. The van der Waals surface area contributed by atoms with Gasteiger partial charge in [-0.1, -0.05) is 13.0 Å². The van der Waals surface area contributed by atoms with Crippen molar-refractivity contribution in [1.82, 2.24) is 19.9 Å². The highest BCUT2D eigenvalue weighted by atomic mass is 32.2. The number of aryl methyl sites for hydroxylation is 1. The number of pyridine rings is 1. The van der Waals surface area contributed by atoms with Gasteiger partial charge in [-0.25, -0.2) is 26.7 Å². The second kappa shape index (κ2) is 11.0. The molecule has 3 N–H and O–H groups in total. The molecule has 0 saturated carbocycles. The smallest absolute Gasteiger partial charge is 0.319 e. The number of rotatable bonds is 7. The molecule has 10 nitrogen and oxygen atoms in total. The van der Waals surface area contributed by atoms with Crippen LogP contribution in [0.2, 0.25) is 0 Å². The van der Waals surface area contributed by atoms with E-state index in [1.165, 1.54) is 30.5 Å². The molecular weight excluding hydrogens is 609 g/mol. The molecule has 2 aromatic heterocycles. The van der Waals surface area contributed by atoms with E-state index < -0.39 is 38.6 Å². The van der Waals surface area contributed by atoms with Crippen molar-refractivity contribution >= 4 is 37.5 Å². The van der Waals surface area contributed by atoms with Gasteiger partial charge in [0.15, 0.2) is 5.82 Å². The summed E-state index contributed by atoms with van der Waals surface area (Å²) in [7, 11) is -3.83. The van der Waals surface area contributed by atoms with E-state index >= 15 is 4.39 Å². The zero-order valence-electron chi connectivity index (χ0n) is 24.6. The molecule has 3 aliphatic rings. The molecule has 238 valence electrons. The van der Waals surface area contributed by atoms with Crippen molar-refractivity contribution in [3.63, 3.8) is 0 Å². The SMILES string of the molecule is CCc1c(F)ccc2cc(O)cc(-c3ncc4c(N5CCC(S(N)(=O)=O)C5)nc(OC[C@@]56CCCN5C[C@H](F)C6)nc4c3F)c12. The second-order valence-electron chi connectivity index (χ2n) is 12.3. The van der Waals surface area contributed by atoms with Gasteiger partial charge >= 0.3 is 6.01 Å². The normalized spacial score (nSPS) is 23.8. The molecule has 3 atom stereocenters. The largest absolute Gasteiger partial charge is 0.508 e. The molecule has 0 amide bonds. The van der Waals surface area contributed by atoms with Crippen LogP contribution in [0.5, 0.6) is 11.8 Å². The minimum absolute atomic E-state index is 0.0331. The number of hydrogen-bond donors (Lipinski definition) is 2. The Morgan fingerprint density at radius 3 is 2.76 bits per heavy atom. The Labute approximate surface area is 258 Å². The van der Waals surface area contributed by atoms with Gasteiger partial charge in [0, 0.05) is 37.8 Å². The topological polar surface area (TPSA) is 135 Å². The van der Waals surface area contributed by atoms with E-state index in [4.69, 9.17) is 9.88 Å². The summed E-state index contributed by atoms with van der Waals surface area (Å²) >= 11 is 0. The van der Waals surface area contributed by atoms with Crippen molar-refractivity contribution in [1.29, 1.82) is 0 Å². The Kier molecular flexibility index (Phi) is 7.28. The number of aromatic hydroxyl groups is 1. The average molecular weight is 643 g/mol. The van der Waals surface area contributed by atoms with Gasteiger partial charge in [-0.3, -0.25) is 9.88 Å². The number of phenols is 1. The predicted molar refractivity (Wildman–Crippen MR) is 164 cm³/mol. The van der Waals surface area contributed by atoms with E-state index in [9.17, 15) is 22.3 Å². The van der Waals surface area contributed by atoms with Crippen molar-refractivity contribution in [2.75, 3.05) is 37.7 Å². The number of benzene rings is 2. The number of phenolic OH excluding ortho intramolecular Hbond substituents is 1. The molecule has 14 heteroatoms. The van der Waals surface area contributed by atoms with Gasteiger partial charge < -0.3 is 14.7 Å². The first-order valence-corrected chi connectivity index (χ1v) is 16.7. The highest BCUT2D eigenvalue weighted by Crippen LogP contribution is 2.42. The third kappa shape index (κ3) is 5.12. The van der Waals surface area contributed by atoms with Gasteiger partial charge in [-0.05, 0) is 66.8 Å². The van der Waals surface area contributed by atoms with Crippen LogP contribution in [-0.4, -0.2) is 83.1 Å². The summed E-state index contributed by atoms with van der Waals surface area (Å²) in [6, 6.07) is 5.51. The molecule has 2 aromatic carbocycles. The lowest BCUT2D eigenvalue weighted by molar-refractivity contribution is 0.107. The van der Waals surface area contributed by atoms with E-state index in [0.29, 0.717) is 35.7 Å². The Bertz CT molecular complexity index is 1950. The zero-order valence-corrected chi connectivity index (χ0v) is 25.5. The van der Waals surface area contributed by atoms with Gasteiger partial charge in [-0.2, -0.15) is 9.97 Å². The molecule has 3 aliphatic heterocycles. The Balaban J connectivity index is 1.37. The molecular formula is C31H33F3N6O4S. The van der Waals surface area contributed by atoms with Crippen LogP contribution >= 0.6 is 0 Å². The first-order chi connectivity index (χ1) is 21.5. The van der Waals surface area contributed by atoms with Crippen molar-refractivity contribution in [2.24, 2.45) is 5.14 Å². The quantitative estimate of drug-likeness (QED) is 0.304. The molecule has 0 radical (unpaired) electrons. The number of primary sulfonamides is 1. The second-order valence-corrected chi connectivity index (χ2v) is 14.1. The van der Waals surface area contributed by atoms with Crippen molar-refractivity contribution in [3.8, 4) is 23.0 Å². The molecule has 4 aromatic rings. The van der Waals surface area contributed by atoms with Crippen molar-refractivity contribution in [2.45, 2.75) is 56.0 Å². The fourth-order valence-corrected chi connectivity index (χ4v) is 8.21. The summed E-state index contributed by atoms with van der Waals surface area (Å²) in [6.45, 7) is 3.30. The number of hydrogen-bond acceptors (Lipinski definition) is 9. The Morgan fingerprint density at radius 2 is 2.00 bits per heavy atom. The fourth-order valence-electron chi connectivity index (χ4n) is 7.38. The lowest BCUT2D eigenvalue weighted by Gasteiger charge is -2.31. The Hall–Kier alpha value is -3.75. The summed E-state index contributed by atoms with van der Waals surface area (Å²) < 4.78 is 76.4. The van der Waals surface area contributed by atoms with Crippen LogP contribution in [0, 0.1) is 11.6 Å². The standard InChI is InChI=1S/C31H33F3N6O4S/c1-2-21-24(33)5-4-17-10-19(41)11-22(25(17)21)27-26(34)28-23(13-36-27)29(39-9-6-20(15-39)45(35,42)43)38-30(37-28)44-16-31-7-3-8-40(31)14-18(32)12-31/h4-5,10-11,13,18,20,41H,2-3,6-9,12,14-16H2,1H3,(H2,35,42,43)/t18-,20?,31+/m1/s1. The first kappa shape index (κ1) is 29.9. The maximum atomic E-state index is 16.7. The molecule has 1 unspecified atom stereocenters. The summed E-state index contributed by atoms with van der Waals surface area (Å²) in [6.07, 6.45) is 2.97. The maximum absolute atomic E-state index is 16.7. The van der Waals surface area contributed by atoms with Crippen LogP contribution in [0.3, 0.4) is 0 Å². The molecule has 5 heterocycles. The number of fused-ring (bicyclic) bond motifs is 3.